The van der Waals surface area contributed by atoms with Gasteiger partial charge in [0, 0.05) is 4.88 Å². The van der Waals surface area contributed by atoms with E-state index in [4.69, 9.17) is 0 Å². The molecule has 0 fully saturated rings. The Morgan fingerprint density at radius 3 is 2.77 bits per heavy atom. The number of hydrogen-bond acceptors (Lipinski definition) is 7. The maximum atomic E-state index is 12.5. The zero-order chi connectivity index (χ0) is 19.3. The van der Waals surface area contributed by atoms with E-state index in [0.29, 0.717) is 21.3 Å². The average Bonchev–Trinajstić information content (AvgIpc) is 2.89. The minimum absolute atomic E-state index is 0.0443. The van der Waals surface area contributed by atoms with E-state index in [1.807, 2.05) is 6.92 Å². The lowest BCUT2D eigenvalue weighted by atomic mass is 9.98. The summed E-state index contributed by atoms with van der Waals surface area (Å²) in [5, 5.41) is 3.11. The fourth-order valence-electron chi connectivity index (χ4n) is 2.41. The molecule has 142 valence electrons. The number of rotatable bonds is 7. The maximum Gasteiger partial charge on any atom is 0.413 e. The van der Waals surface area contributed by atoms with Crippen molar-refractivity contribution in [3.63, 3.8) is 0 Å². The van der Waals surface area contributed by atoms with Crippen LogP contribution in [0.25, 0.3) is 10.2 Å². The summed E-state index contributed by atoms with van der Waals surface area (Å²) < 4.78 is 4.65. The Balaban J connectivity index is 2.15. The first-order valence-corrected chi connectivity index (χ1v) is 10.3. The van der Waals surface area contributed by atoms with Gasteiger partial charge >= 0.3 is 6.09 Å². The number of imide groups is 1. The standard InChI is InChI=1S/C17H23N3O4S2/c1-5-9(3)7-11-10(4)26-15-13(11)14(22)19-16(20-15)25-8-12(21)18-17(23)24-6-2/h9H,5-8H2,1-4H3,(H,18,21,23)(H,19,20,22). The van der Waals surface area contributed by atoms with E-state index < -0.39 is 12.0 Å². The first-order chi connectivity index (χ1) is 12.3. The van der Waals surface area contributed by atoms with Crippen LogP contribution in [0.1, 0.15) is 37.6 Å². The summed E-state index contributed by atoms with van der Waals surface area (Å²) in [7, 11) is 0. The number of ether oxygens (including phenoxy) is 1. The van der Waals surface area contributed by atoms with Gasteiger partial charge in [-0.15, -0.1) is 11.3 Å². The SMILES string of the molecule is CCOC(=O)NC(=O)CSc1nc2sc(C)c(CC(C)CC)c2c(=O)[nH]1. The summed E-state index contributed by atoms with van der Waals surface area (Å²) in [5.74, 6) is -0.0558. The number of hydrogen-bond donors (Lipinski definition) is 2. The minimum Gasteiger partial charge on any atom is -0.450 e. The van der Waals surface area contributed by atoms with Crippen molar-refractivity contribution in [1.82, 2.24) is 15.3 Å². The van der Waals surface area contributed by atoms with Crippen molar-refractivity contribution in [3.05, 3.63) is 20.8 Å². The van der Waals surface area contributed by atoms with Crippen LogP contribution < -0.4 is 10.9 Å². The van der Waals surface area contributed by atoms with Gasteiger partial charge in [0.2, 0.25) is 5.91 Å². The molecular formula is C17H23N3O4S2. The normalized spacial score (nSPS) is 12.2. The van der Waals surface area contributed by atoms with Crippen molar-refractivity contribution in [3.8, 4) is 0 Å². The molecule has 7 nitrogen and oxygen atoms in total. The summed E-state index contributed by atoms with van der Waals surface area (Å²) in [6.07, 6.45) is 1.12. The molecule has 2 aromatic heterocycles. The molecule has 0 spiro atoms. The molecule has 1 unspecified atom stereocenters. The molecule has 2 aromatic rings. The number of aryl methyl sites for hydroxylation is 1. The number of aromatic amines is 1. The lowest BCUT2D eigenvalue weighted by Crippen LogP contribution is -2.32. The van der Waals surface area contributed by atoms with Gasteiger partial charge in [0.25, 0.3) is 5.56 Å². The first kappa shape index (κ1) is 20.4. The molecule has 0 aliphatic rings. The van der Waals surface area contributed by atoms with Crippen molar-refractivity contribution in [2.45, 2.75) is 45.7 Å². The third-order valence-corrected chi connectivity index (χ3v) is 5.86. The topological polar surface area (TPSA) is 101 Å². The molecule has 2 N–H and O–H groups in total. The Morgan fingerprint density at radius 1 is 1.38 bits per heavy atom. The summed E-state index contributed by atoms with van der Waals surface area (Å²) in [6.45, 7) is 8.14. The van der Waals surface area contributed by atoms with E-state index in [1.165, 1.54) is 11.3 Å². The number of carbonyl (C=O) groups excluding carboxylic acids is 2. The summed E-state index contributed by atoms with van der Waals surface area (Å²) in [4.78, 5) is 44.4. The van der Waals surface area contributed by atoms with Crippen LogP contribution in [0.15, 0.2) is 9.95 Å². The lowest BCUT2D eigenvalue weighted by molar-refractivity contribution is -0.117. The number of fused-ring (bicyclic) bond motifs is 1. The highest BCUT2D eigenvalue weighted by Gasteiger charge is 2.17. The molecule has 26 heavy (non-hydrogen) atoms. The highest BCUT2D eigenvalue weighted by Crippen LogP contribution is 2.30. The number of thiophene rings is 1. The predicted octanol–water partition coefficient (Wildman–Crippen LogP) is 3.25. The molecule has 0 bridgehead atoms. The van der Waals surface area contributed by atoms with Gasteiger partial charge in [-0.3, -0.25) is 14.9 Å². The molecule has 0 radical (unpaired) electrons. The number of nitrogens with one attached hydrogen (secondary N) is 2. The van der Waals surface area contributed by atoms with Crippen LogP contribution in [0.2, 0.25) is 0 Å². The molecule has 0 aromatic carbocycles. The van der Waals surface area contributed by atoms with E-state index in [-0.39, 0.29) is 17.9 Å². The van der Waals surface area contributed by atoms with Gasteiger partial charge in [0.05, 0.1) is 17.7 Å². The van der Waals surface area contributed by atoms with Gasteiger partial charge in [-0.05, 0) is 31.7 Å². The zero-order valence-electron chi connectivity index (χ0n) is 15.3. The van der Waals surface area contributed by atoms with E-state index in [0.717, 1.165) is 35.0 Å². The van der Waals surface area contributed by atoms with E-state index in [2.05, 4.69) is 33.9 Å². The highest BCUT2D eigenvalue weighted by atomic mass is 32.2. The van der Waals surface area contributed by atoms with E-state index >= 15 is 0 Å². The second-order valence-electron chi connectivity index (χ2n) is 5.96. The van der Waals surface area contributed by atoms with Gasteiger partial charge < -0.3 is 9.72 Å². The number of nitrogens with zero attached hydrogens (tertiary/aromatic N) is 1. The molecule has 2 heterocycles. The van der Waals surface area contributed by atoms with Gasteiger partial charge in [0.15, 0.2) is 5.16 Å². The second-order valence-corrected chi connectivity index (χ2v) is 8.13. The third-order valence-electron chi connectivity index (χ3n) is 3.95. The summed E-state index contributed by atoms with van der Waals surface area (Å²) in [6, 6.07) is 0. The van der Waals surface area contributed by atoms with Gasteiger partial charge in [0.1, 0.15) is 4.83 Å². The van der Waals surface area contributed by atoms with Gasteiger partial charge in [-0.2, -0.15) is 0 Å². The van der Waals surface area contributed by atoms with Crippen molar-refractivity contribution >= 4 is 45.3 Å². The fourth-order valence-corrected chi connectivity index (χ4v) is 4.19. The molecule has 0 saturated heterocycles. The molecule has 1 atom stereocenters. The Morgan fingerprint density at radius 2 is 2.12 bits per heavy atom. The van der Waals surface area contributed by atoms with Crippen molar-refractivity contribution in [2.75, 3.05) is 12.4 Å². The van der Waals surface area contributed by atoms with Crippen LogP contribution >= 0.6 is 23.1 Å². The molecule has 0 aliphatic heterocycles. The minimum atomic E-state index is -0.779. The van der Waals surface area contributed by atoms with Crippen LogP contribution in [-0.4, -0.2) is 34.3 Å². The quantitative estimate of drug-likeness (QED) is 0.549. The molecule has 9 heteroatoms. The lowest BCUT2D eigenvalue weighted by Gasteiger charge is -2.08. The second kappa shape index (κ2) is 9.18. The monoisotopic (exact) mass is 397 g/mol. The Hall–Kier alpha value is -1.87. The van der Waals surface area contributed by atoms with Crippen LogP contribution in [0.5, 0.6) is 0 Å². The number of thioether (sulfide) groups is 1. The molecule has 2 rings (SSSR count). The average molecular weight is 398 g/mol. The fraction of sp³-hybridized carbons (Fsp3) is 0.529. The maximum absolute atomic E-state index is 12.5. The van der Waals surface area contributed by atoms with Crippen LogP contribution in [0, 0.1) is 12.8 Å². The summed E-state index contributed by atoms with van der Waals surface area (Å²) >= 11 is 2.56. The van der Waals surface area contributed by atoms with Crippen LogP contribution in [0.4, 0.5) is 4.79 Å². The number of aromatic nitrogens is 2. The van der Waals surface area contributed by atoms with Crippen LogP contribution in [0.3, 0.4) is 0 Å². The molecule has 0 saturated carbocycles. The number of alkyl carbamates (subject to hydrolysis) is 1. The third kappa shape index (κ3) is 5.07. The van der Waals surface area contributed by atoms with Crippen LogP contribution in [-0.2, 0) is 16.0 Å². The van der Waals surface area contributed by atoms with Crippen molar-refractivity contribution in [2.24, 2.45) is 5.92 Å². The Labute approximate surface area is 159 Å². The number of carbonyl (C=O) groups is 2. The van der Waals surface area contributed by atoms with E-state index in [9.17, 15) is 14.4 Å². The molecular weight excluding hydrogens is 374 g/mol. The number of amides is 2. The van der Waals surface area contributed by atoms with Crippen molar-refractivity contribution in [1.29, 1.82) is 0 Å². The molecule has 0 aliphatic carbocycles. The highest BCUT2D eigenvalue weighted by molar-refractivity contribution is 7.99. The smallest absolute Gasteiger partial charge is 0.413 e. The summed E-state index contributed by atoms with van der Waals surface area (Å²) in [5.41, 5.74) is 0.871. The van der Waals surface area contributed by atoms with Crippen molar-refractivity contribution < 1.29 is 14.3 Å². The molecule has 2 amide bonds. The Bertz CT molecular complexity index is 860. The number of H-pyrrole nitrogens is 1. The van der Waals surface area contributed by atoms with Gasteiger partial charge in [-0.1, -0.05) is 32.0 Å². The Kier molecular flexibility index (Phi) is 7.22. The van der Waals surface area contributed by atoms with Gasteiger partial charge in [-0.25, -0.2) is 9.78 Å². The largest absolute Gasteiger partial charge is 0.450 e. The first-order valence-electron chi connectivity index (χ1n) is 8.47. The van der Waals surface area contributed by atoms with E-state index in [1.54, 1.807) is 6.92 Å². The zero-order valence-corrected chi connectivity index (χ0v) is 16.9. The predicted molar refractivity (Wildman–Crippen MR) is 104 cm³/mol.